The molecule has 0 radical (unpaired) electrons. The molecule has 3 aromatic rings. The number of nitrogens with zero attached hydrogens (tertiary/aromatic N) is 4. The summed E-state index contributed by atoms with van der Waals surface area (Å²) in [5.41, 5.74) is 6.07. The van der Waals surface area contributed by atoms with Gasteiger partial charge in [0.1, 0.15) is 23.5 Å². The smallest absolute Gasteiger partial charge is 0.277 e. The highest BCUT2D eigenvalue weighted by Crippen LogP contribution is 2.29. The molecular formula is C23H21F2N5O2. The van der Waals surface area contributed by atoms with Crippen LogP contribution in [0.15, 0.2) is 42.5 Å². The van der Waals surface area contributed by atoms with Gasteiger partial charge in [-0.2, -0.15) is 9.65 Å². The summed E-state index contributed by atoms with van der Waals surface area (Å²) in [6.07, 6.45) is 1.52. The van der Waals surface area contributed by atoms with E-state index in [4.69, 9.17) is 15.7 Å². The Balaban J connectivity index is 1.85. The second kappa shape index (κ2) is 8.77. The van der Waals surface area contributed by atoms with Crippen molar-refractivity contribution >= 4 is 5.91 Å². The first-order valence-electron chi connectivity index (χ1n) is 10.1. The van der Waals surface area contributed by atoms with Gasteiger partial charge in [0.15, 0.2) is 5.69 Å². The van der Waals surface area contributed by atoms with Crippen molar-refractivity contribution in [3.05, 3.63) is 65.5 Å². The van der Waals surface area contributed by atoms with Gasteiger partial charge in [0.25, 0.3) is 5.91 Å². The molecule has 0 saturated carbocycles. The van der Waals surface area contributed by atoms with E-state index >= 15 is 4.39 Å². The highest BCUT2D eigenvalue weighted by atomic mass is 19.1. The SMILES string of the molecule is COc1ccc(-n2c(-c3ccc(C#N)c(F)c3)nc(C(=O)N3CCC[C@H](N)C3)c2F)cc1. The largest absolute Gasteiger partial charge is 0.497 e. The molecule has 1 amide bonds. The van der Waals surface area contributed by atoms with E-state index in [0.717, 1.165) is 23.5 Å². The van der Waals surface area contributed by atoms with Crippen molar-refractivity contribution in [3.8, 4) is 28.9 Å². The lowest BCUT2D eigenvalue weighted by molar-refractivity contribution is 0.0698. The molecule has 32 heavy (non-hydrogen) atoms. The topological polar surface area (TPSA) is 97.2 Å². The van der Waals surface area contributed by atoms with Crippen LogP contribution in [0.4, 0.5) is 8.78 Å². The van der Waals surface area contributed by atoms with Crippen molar-refractivity contribution < 1.29 is 18.3 Å². The summed E-state index contributed by atoms with van der Waals surface area (Å²) < 4.78 is 36.3. The first kappa shape index (κ1) is 21.5. The summed E-state index contributed by atoms with van der Waals surface area (Å²) >= 11 is 0. The fourth-order valence-electron chi connectivity index (χ4n) is 3.79. The monoisotopic (exact) mass is 437 g/mol. The van der Waals surface area contributed by atoms with Crippen LogP contribution in [-0.2, 0) is 0 Å². The first-order chi connectivity index (χ1) is 15.4. The zero-order valence-corrected chi connectivity index (χ0v) is 17.4. The zero-order chi connectivity index (χ0) is 22.8. The number of aromatic nitrogens is 2. The molecule has 4 rings (SSSR count). The Morgan fingerprint density at radius 2 is 2.00 bits per heavy atom. The zero-order valence-electron chi connectivity index (χ0n) is 17.4. The van der Waals surface area contributed by atoms with Crippen molar-refractivity contribution in [3.63, 3.8) is 0 Å². The molecule has 1 aliphatic heterocycles. The van der Waals surface area contributed by atoms with Gasteiger partial charge in [-0.3, -0.25) is 9.36 Å². The van der Waals surface area contributed by atoms with Gasteiger partial charge in [-0.1, -0.05) is 0 Å². The molecule has 1 saturated heterocycles. The van der Waals surface area contributed by atoms with E-state index in [9.17, 15) is 9.18 Å². The summed E-state index contributed by atoms with van der Waals surface area (Å²) in [5.74, 6) is -1.58. The number of imidazole rings is 1. The third kappa shape index (κ3) is 3.92. The number of hydrogen-bond acceptors (Lipinski definition) is 5. The quantitative estimate of drug-likeness (QED) is 0.676. The van der Waals surface area contributed by atoms with Crippen molar-refractivity contribution in [1.82, 2.24) is 14.5 Å². The van der Waals surface area contributed by atoms with Crippen LogP contribution in [0.2, 0.25) is 0 Å². The number of amides is 1. The Labute approximate surface area is 183 Å². The number of methoxy groups -OCH3 is 1. The van der Waals surface area contributed by atoms with Crippen LogP contribution in [0.25, 0.3) is 17.1 Å². The lowest BCUT2D eigenvalue weighted by atomic mass is 10.1. The second-order valence-electron chi connectivity index (χ2n) is 7.57. The van der Waals surface area contributed by atoms with Gasteiger partial charge in [-0.05, 0) is 55.3 Å². The Morgan fingerprint density at radius 3 is 2.62 bits per heavy atom. The first-order valence-corrected chi connectivity index (χ1v) is 10.1. The van der Waals surface area contributed by atoms with Gasteiger partial charge in [0.05, 0.1) is 18.4 Å². The van der Waals surface area contributed by atoms with E-state index in [-0.39, 0.29) is 28.7 Å². The van der Waals surface area contributed by atoms with Crippen LogP contribution in [0, 0.1) is 23.1 Å². The number of likely N-dealkylation sites (tertiary alicyclic amines) is 1. The summed E-state index contributed by atoms with van der Waals surface area (Å²) in [6.45, 7) is 0.774. The molecule has 1 aromatic heterocycles. The number of carbonyl (C=O) groups excluding carboxylic acids is 1. The molecule has 2 N–H and O–H groups in total. The Morgan fingerprint density at radius 1 is 1.25 bits per heavy atom. The van der Waals surface area contributed by atoms with Gasteiger partial charge in [-0.25, -0.2) is 9.37 Å². The maximum absolute atomic E-state index is 15.6. The van der Waals surface area contributed by atoms with Crippen molar-refractivity contribution in [2.24, 2.45) is 5.73 Å². The van der Waals surface area contributed by atoms with Crippen LogP contribution >= 0.6 is 0 Å². The fraction of sp³-hybridized carbons (Fsp3) is 0.261. The van der Waals surface area contributed by atoms with Gasteiger partial charge in [0.2, 0.25) is 5.95 Å². The van der Waals surface area contributed by atoms with Crippen LogP contribution in [0.3, 0.4) is 0 Å². The minimum Gasteiger partial charge on any atom is -0.497 e. The van der Waals surface area contributed by atoms with Crippen LogP contribution in [-0.4, -0.2) is 46.6 Å². The van der Waals surface area contributed by atoms with Crippen LogP contribution < -0.4 is 10.5 Å². The van der Waals surface area contributed by atoms with E-state index < -0.39 is 17.7 Å². The lowest BCUT2D eigenvalue weighted by Crippen LogP contribution is -2.46. The second-order valence-corrected chi connectivity index (χ2v) is 7.57. The maximum atomic E-state index is 15.6. The molecule has 1 fully saturated rings. The number of nitrogens with two attached hydrogens (primary N) is 1. The number of nitriles is 1. The number of piperidine rings is 1. The fourth-order valence-corrected chi connectivity index (χ4v) is 3.79. The van der Waals surface area contributed by atoms with Gasteiger partial charge >= 0.3 is 0 Å². The average molecular weight is 437 g/mol. The van der Waals surface area contributed by atoms with Crippen LogP contribution in [0.1, 0.15) is 28.9 Å². The predicted octanol–water partition coefficient (Wildman–Crippen LogP) is 3.26. The molecule has 7 nitrogen and oxygen atoms in total. The van der Waals surface area contributed by atoms with Crippen LogP contribution in [0.5, 0.6) is 5.75 Å². The molecule has 9 heteroatoms. The standard InChI is InChI=1S/C23H21F2N5O2/c1-32-18-8-6-17(7-9-18)30-21(25)20(23(31)29-10-2-3-16(27)13-29)28-22(30)14-4-5-15(12-26)19(24)11-14/h4-9,11,16H,2-3,10,13,27H2,1H3/t16-/m0/s1. The number of hydrogen-bond donors (Lipinski definition) is 1. The minimum absolute atomic E-state index is 0.0423. The normalized spacial score (nSPS) is 16.0. The van der Waals surface area contributed by atoms with Crippen molar-refractivity contribution in [1.29, 1.82) is 5.26 Å². The maximum Gasteiger partial charge on any atom is 0.277 e. The summed E-state index contributed by atoms with van der Waals surface area (Å²) in [6, 6.07) is 11.9. The number of ether oxygens (including phenoxy) is 1. The third-order valence-electron chi connectivity index (χ3n) is 5.45. The molecule has 0 bridgehead atoms. The van der Waals surface area contributed by atoms with E-state index in [1.165, 1.54) is 24.1 Å². The molecule has 164 valence electrons. The molecular weight excluding hydrogens is 416 g/mol. The Kier molecular flexibility index (Phi) is 5.88. The average Bonchev–Trinajstić information content (AvgIpc) is 3.15. The van der Waals surface area contributed by atoms with Gasteiger partial charge in [0, 0.05) is 24.7 Å². The molecule has 2 heterocycles. The highest BCUT2D eigenvalue weighted by molar-refractivity contribution is 5.93. The number of benzene rings is 2. The molecule has 0 unspecified atom stereocenters. The third-order valence-corrected chi connectivity index (χ3v) is 5.45. The van der Waals surface area contributed by atoms with E-state index in [2.05, 4.69) is 4.98 Å². The predicted molar refractivity (Wildman–Crippen MR) is 113 cm³/mol. The van der Waals surface area contributed by atoms with Gasteiger partial charge < -0.3 is 15.4 Å². The summed E-state index contributed by atoms with van der Waals surface area (Å²) in [5, 5.41) is 9.01. The molecule has 2 aromatic carbocycles. The number of halogens is 2. The molecule has 1 atom stereocenters. The minimum atomic E-state index is -0.862. The van der Waals surface area contributed by atoms with Gasteiger partial charge in [-0.15, -0.1) is 0 Å². The number of rotatable bonds is 4. The van der Waals surface area contributed by atoms with Crippen molar-refractivity contribution in [2.75, 3.05) is 20.2 Å². The lowest BCUT2D eigenvalue weighted by Gasteiger charge is -2.30. The van der Waals surface area contributed by atoms with E-state index in [1.54, 1.807) is 30.3 Å². The molecule has 0 aliphatic carbocycles. The molecule has 1 aliphatic rings. The Bertz CT molecular complexity index is 1200. The van der Waals surface area contributed by atoms with E-state index in [0.29, 0.717) is 24.5 Å². The number of carbonyl (C=O) groups is 1. The Hall–Kier alpha value is -3.77. The van der Waals surface area contributed by atoms with E-state index in [1.807, 2.05) is 0 Å². The molecule has 0 spiro atoms. The van der Waals surface area contributed by atoms with Crippen molar-refractivity contribution in [2.45, 2.75) is 18.9 Å². The summed E-state index contributed by atoms with van der Waals surface area (Å²) in [4.78, 5) is 18.8. The highest BCUT2D eigenvalue weighted by Gasteiger charge is 2.30. The summed E-state index contributed by atoms with van der Waals surface area (Å²) in [7, 11) is 1.51.